The molecular formula is C31H45N5O6. The number of rotatable bonds is 16. The van der Waals surface area contributed by atoms with Crippen LogP contribution in [0.2, 0.25) is 0 Å². The van der Waals surface area contributed by atoms with Crippen molar-refractivity contribution in [3.63, 3.8) is 0 Å². The van der Waals surface area contributed by atoms with Crippen LogP contribution in [0.15, 0.2) is 30.7 Å². The van der Waals surface area contributed by atoms with Gasteiger partial charge in [-0.15, -0.1) is 0 Å². The Morgan fingerprint density at radius 1 is 1.14 bits per heavy atom. The van der Waals surface area contributed by atoms with Gasteiger partial charge in [0.2, 0.25) is 18.4 Å². The van der Waals surface area contributed by atoms with Gasteiger partial charge in [0.25, 0.3) is 0 Å². The molecule has 1 N–H and O–H groups in total. The van der Waals surface area contributed by atoms with Crippen molar-refractivity contribution in [2.24, 2.45) is 5.92 Å². The fourth-order valence-corrected chi connectivity index (χ4v) is 6.03. The maximum Gasteiger partial charge on any atom is 0.308 e. The Kier molecular flexibility index (Phi) is 11.4. The molecule has 0 spiro atoms. The van der Waals surface area contributed by atoms with Crippen LogP contribution in [-0.2, 0) is 16.0 Å². The maximum absolute atomic E-state index is 13.8. The van der Waals surface area contributed by atoms with Gasteiger partial charge in [-0.1, -0.05) is 13.3 Å². The lowest BCUT2D eigenvalue weighted by Gasteiger charge is -2.30. The number of aromatic nitrogens is 2. The van der Waals surface area contributed by atoms with E-state index in [1.165, 1.54) is 6.33 Å². The molecule has 0 bridgehead atoms. The summed E-state index contributed by atoms with van der Waals surface area (Å²) in [5.41, 5.74) is 1.65. The van der Waals surface area contributed by atoms with Crippen molar-refractivity contribution < 1.29 is 28.9 Å². The number of aryl methyl sites for hydroxylation is 1. The third-order valence-corrected chi connectivity index (χ3v) is 8.24. The lowest BCUT2D eigenvalue weighted by molar-refractivity contribution is -0.143. The second-order valence-electron chi connectivity index (χ2n) is 11.4. The Balaban J connectivity index is 1.59. The van der Waals surface area contributed by atoms with Crippen LogP contribution in [0.5, 0.6) is 17.2 Å². The van der Waals surface area contributed by atoms with Crippen LogP contribution in [0, 0.1) is 5.92 Å². The number of aliphatic carboxylic acids is 1. The van der Waals surface area contributed by atoms with E-state index in [1.807, 2.05) is 23.1 Å². The zero-order valence-corrected chi connectivity index (χ0v) is 25.3. The first-order valence-electron chi connectivity index (χ1n) is 14.9. The summed E-state index contributed by atoms with van der Waals surface area (Å²) in [5.74, 6) is -0.339. The van der Waals surface area contributed by atoms with Crippen LogP contribution >= 0.6 is 0 Å². The van der Waals surface area contributed by atoms with E-state index in [0.29, 0.717) is 49.7 Å². The molecule has 1 aromatic carbocycles. The number of amides is 1. The molecule has 11 nitrogen and oxygen atoms in total. The highest BCUT2D eigenvalue weighted by molar-refractivity contribution is 5.79. The van der Waals surface area contributed by atoms with Gasteiger partial charge in [0, 0.05) is 43.5 Å². The largest absolute Gasteiger partial charge is 0.493 e. The first-order chi connectivity index (χ1) is 20.3. The van der Waals surface area contributed by atoms with Gasteiger partial charge in [-0.25, -0.2) is 9.97 Å². The van der Waals surface area contributed by atoms with Gasteiger partial charge in [0.1, 0.15) is 6.33 Å². The van der Waals surface area contributed by atoms with Crippen molar-refractivity contribution >= 4 is 11.9 Å². The van der Waals surface area contributed by atoms with Crippen LogP contribution < -0.4 is 14.2 Å². The fourth-order valence-electron chi connectivity index (χ4n) is 6.03. The second kappa shape index (κ2) is 15.2. The highest BCUT2D eigenvalue weighted by atomic mass is 16.7. The predicted octanol–water partition coefficient (Wildman–Crippen LogP) is 3.29. The van der Waals surface area contributed by atoms with Crippen molar-refractivity contribution in [1.29, 1.82) is 0 Å². The number of carbonyl (C=O) groups is 2. The topological polar surface area (TPSA) is 118 Å². The number of ether oxygens (including phenoxy) is 3. The quantitative estimate of drug-likeness (QED) is 0.295. The minimum atomic E-state index is -0.884. The van der Waals surface area contributed by atoms with Crippen molar-refractivity contribution in [3.8, 4) is 17.2 Å². The van der Waals surface area contributed by atoms with E-state index in [2.05, 4.69) is 40.8 Å². The molecule has 2 aliphatic rings. The number of likely N-dealkylation sites (tertiary alicyclic amines) is 1. The Labute approximate surface area is 248 Å². The molecule has 1 aromatic heterocycles. The third-order valence-electron chi connectivity index (χ3n) is 8.24. The number of fused-ring (bicyclic) bond motifs is 1. The van der Waals surface area contributed by atoms with E-state index in [4.69, 9.17) is 14.2 Å². The van der Waals surface area contributed by atoms with Crippen LogP contribution in [0.3, 0.4) is 0 Å². The van der Waals surface area contributed by atoms with Gasteiger partial charge in [-0.05, 0) is 76.5 Å². The molecule has 2 aliphatic heterocycles. The number of unbranched alkanes of at least 4 members (excludes halogenated alkanes) is 2. The van der Waals surface area contributed by atoms with Crippen molar-refractivity contribution in [2.75, 3.05) is 60.7 Å². The zero-order valence-electron chi connectivity index (χ0n) is 25.3. The van der Waals surface area contributed by atoms with Gasteiger partial charge in [-0.2, -0.15) is 0 Å². The highest BCUT2D eigenvalue weighted by Gasteiger charge is 2.47. The number of carbonyl (C=O) groups excluding carboxylic acids is 1. The number of hydrogen-bond acceptors (Lipinski definition) is 9. The average molecular weight is 584 g/mol. The van der Waals surface area contributed by atoms with Gasteiger partial charge >= 0.3 is 5.97 Å². The Morgan fingerprint density at radius 3 is 2.62 bits per heavy atom. The van der Waals surface area contributed by atoms with Gasteiger partial charge < -0.3 is 29.1 Å². The van der Waals surface area contributed by atoms with E-state index in [9.17, 15) is 14.7 Å². The normalized spacial score (nSPS) is 19.8. The smallest absolute Gasteiger partial charge is 0.308 e. The lowest BCUT2D eigenvalue weighted by atomic mass is 9.83. The van der Waals surface area contributed by atoms with Gasteiger partial charge in [-0.3, -0.25) is 14.5 Å². The molecule has 1 unspecified atom stereocenters. The molecule has 11 heteroatoms. The summed E-state index contributed by atoms with van der Waals surface area (Å²) in [6.45, 7) is 5.22. The average Bonchev–Trinajstić information content (AvgIpc) is 3.60. The molecule has 4 rings (SSSR count). The van der Waals surface area contributed by atoms with Crippen molar-refractivity contribution in [1.82, 2.24) is 24.7 Å². The summed E-state index contributed by atoms with van der Waals surface area (Å²) in [6.07, 6.45) is 8.22. The number of benzene rings is 1. The molecule has 1 saturated heterocycles. The van der Waals surface area contributed by atoms with Crippen molar-refractivity contribution in [3.05, 3.63) is 42.0 Å². The summed E-state index contributed by atoms with van der Waals surface area (Å²) >= 11 is 0. The summed E-state index contributed by atoms with van der Waals surface area (Å²) in [4.78, 5) is 41.2. The molecule has 0 radical (unpaired) electrons. The predicted molar refractivity (Wildman–Crippen MR) is 158 cm³/mol. The molecular weight excluding hydrogens is 538 g/mol. The summed E-state index contributed by atoms with van der Waals surface area (Å²) < 4.78 is 16.8. The molecule has 3 atom stereocenters. The molecule has 230 valence electrons. The Morgan fingerprint density at radius 2 is 1.93 bits per heavy atom. The standard InChI is InChI=1S/C31H45N5O6/c1-5-6-14-35(15-8-7-13-34(2)3)28(37)19-36-18-24(22-16-26(40-4)30-27(17-22)41-21-42-30)29(31(38)39)25(36)10-9-23-11-12-32-20-33-23/h11-12,16-17,20,24-25,29H,5-10,13-15,18-19,21H2,1-4H3,(H,38,39)/t24-,25+,29?/m1/s1. The monoisotopic (exact) mass is 583 g/mol. The first-order valence-corrected chi connectivity index (χ1v) is 14.9. The van der Waals surface area contributed by atoms with E-state index in [0.717, 1.165) is 43.5 Å². The van der Waals surface area contributed by atoms with Crippen LogP contribution in [0.1, 0.15) is 56.2 Å². The van der Waals surface area contributed by atoms with Crippen LogP contribution in [0.25, 0.3) is 0 Å². The summed E-state index contributed by atoms with van der Waals surface area (Å²) in [5, 5.41) is 10.6. The molecule has 1 amide bonds. The number of hydrogen-bond donors (Lipinski definition) is 1. The molecule has 3 heterocycles. The maximum atomic E-state index is 13.8. The van der Waals surface area contributed by atoms with Crippen LogP contribution in [-0.4, -0.2) is 108 Å². The van der Waals surface area contributed by atoms with Gasteiger partial charge in [0.15, 0.2) is 11.5 Å². The summed E-state index contributed by atoms with van der Waals surface area (Å²) in [7, 11) is 5.67. The highest BCUT2D eigenvalue weighted by Crippen LogP contribution is 2.47. The summed E-state index contributed by atoms with van der Waals surface area (Å²) in [6, 6.07) is 5.20. The van der Waals surface area contributed by atoms with E-state index >= 15 is 0 Å². The molecule has 2 aromatic rings. The van der Waals surface area contributed by atoms with E-state index in [-0.39, 0.29) is 31.2 Å². The van der Waals surface area contributed by atoms with E-state index < -0.39 is 11.9 Å². The number of carboxylic acid groups (broad SMARTS) is 1. The Bertz CT molecular complexity index is 1180. The minimum absolute atomic E-state index is 0.0494. The lowest BCUT2D eigenvalue weighted by Crippen LogP contribution is -2.45. The van der Waals surface area contributed by atoms with E-state index in [1.54, 1.807) is 13.3 Å². The molecule has 1 fully saturated rings. The van der Waals surface area contributed by atoms with Gasteiger partial charge in [0.05, 0.1) is 19.6 Å². The number of methoxy groups -OCH3 is 1. The third kappa shape index (κ3) is 7.89. The zero-order chi connectivity index (χ0) is 30.1. The Hall–Kier alpha value is -3.44. The molecule has 0 saturated carbocycles. The SMILES string of the molecule is CCCCN(CCCCN(C)C)C(=O)CN1C[C@H](c2cc(OC)c3c(c2)OCO3)C(C(=O)O)[C@@H]1CCc1ccncn1. The van der Waals surface area contributed by atoms with Crippen molar-refractivity contribution in [2.45, 2.75) is 57.4 Å². The first kappa shape index (κ1) is 31.5. The number of nitrogens with zero attached hydrogens (tertiary/aromatic N) is 5. The van der Waals surface area contributed by atoms with Crippen LogP contribution in [0.4, 0.5) is 0 Å². The minimum Gasteiger partial charge on any atom is -0.493 e. The fraction of sp³-hybridized carbons (Fsp3) is 0.613. The second-order valence-corrected chi connectivity index (χ2v) is 11.4. The molecule has 0 aliphatic carbocycles. The molecule has 42 heavy (non-hydrogen) atoms. The number of carboxylic acids is 1.